The first-order chi connectivity index (χ1) is 8.01. The maximum Gasteiger partial charge on any atom is 0.129 e. The minimum absolute atomic E-state index is 0.0764. The number of hydrogen-bond donors (Lipinski definition) is 2. The molecule has 0 radical (unpaired) electrons. The SMILES string of the molecule is Cc1ccc(F)c(C(C)(O)C2CCCNC2)c1. The molecule has 0 saturated carbocycles. The van der Waals surface area contributed by atoms with Crippen LogP contribution in [0.5, 0.6) is 0 Å². The van der Waals surface area contributed by atoms with Gasteiger partial charge < -0.3 is 10.4 Å². The summed E-state index contributed by atoms with van der Waals surface area (Å²) in [6, 6.07) is 4.92. The average molecular weight is 237 g/mol. The Morgan fingerprint density at radius 2 is 2.24 bits per heavy atom. The van der Waals surface area contributed by atoms with Crippen LogP contribution in [0.3, 0.4) is 0 Å². The number of rotatable bonds is 2. The van der Waals surface area contributed by atoms with E-state index in [0.29, 0.717) is 5.56 Å². The molecular formula is C14H20FNO. The Hall–Kier alpha value is -0.930. The number of benzene rings is 1. The highest BCUT2D eigenvalue weighted by Gasteiger charge is 2.36. The van der Waals surface area contributed by atoms with E-state index in [4.69, 9.17) is 0 Å². The monoisotopic (exact) mass is 237 g/mol. The lowest BCUT2D eigenvalue weighted by molar-refractivity contribution is -0.0185. The summed E-state index contributed by atoms with van der Waals surface area (Å²) >= 11 is 0. The predicted octanol–water partition coefficient (Wildman–Crippen LogP) is 2.34. The van der Waals surface area contributed by atoms with Crippen LogP contribution in [0.2, 0.25) is 0 Å². The minimum Gasteiger partial charge on any atom is -0.385 e. The Bertz CT molecular complexity index is 397. The molecule has 0 aliphatic carbocycles. The molecule has 2 unspecified atom stereocenters. The summed E-state index contributed by atoms with van der Waals surface area (Å²) in [6.45, 7) is 5.38. The molecule has 1 aliphatic rings. The van der Waals surface area contributed by atoms with Crippen molar-refractivity contribution in [2.45, 2.75) is 32.3 Å². The van der Waals surface area contributed by atoms with Crippen LogP contribution >= 0.6 is 0 Å². The van der Waals surface area contributed by atoms with Gasteiger partial charge in [0.15, 0.2) is 0 Å². The van der Waals surface area contributed by atoms with E-state index in [1.54, 1.807) is 19.1 Å². The molecule has 2 rings (SSSR count). The first-order valence-corrected chi connectivity index (χ1v) is 6.21. The third-order valence-electron chi connectivity index (χ3n) is 3.76. The van der Waals surface area contributed by atoms with Crippen molar-refractivity contribution in [3.05, 3.63) is 35.1 Å². The van der Waals surface area contributed by atoms with Crippen LogP contribution in [0.1, 0.15) is 30.9 Å². The highest BCUT2D eigenvalue weighted by molar-refractivity contribution is 5.29. The van der Waals surface area contributed by atoms with Crippen LogP contribution in [0.15, 0.2) is 18.2 Å². The Balaban J connectivity index is 2.32. The normalized spacial score (nSPS) is 24.4. The second-order valence-electron chi connectivity index (χ2n) is 5.17. The smallest absolute Gasteiger partial charge is 0.129 e. The van der Waals surface area contributed by atoms with Gasteiger partial charge in [-0.25, -0.2) is 4.39 Å². The van der Waals surface area contributed by atoms with Gasteiger partial charge in [0.25, 0.3) is 0 Å². The molecular weight excluding hydrogens is 217 g/mol. The largest absolute Gasteiger partial charge is 0.385 e. The van der Waals surface area contributed by atoms with Gasteiger partial charge in [0, 0.05) is 18.0 Å². The highest BCUT2D eigenvalue weighted by atomic mass is 19.1. The standard InChI is InChI=1S/C14H20FNO/c1-10-5-6-13(15)12(8-10)14(2,17)11-4-3-7-16-9-11/h5-6,8,11,16-17H,3-4,7,9H2,1-2H3. The predicted molar refractivity (Wildman–Crippen MR) is 66.3 cm³/mol. The van der Waals surface area contributed by atoms with Gasteiger partial charge in [0.2, 0.25) is 0 Å². The van der Waals surface area contributed by atoms with Gasteiger partial charge in [-0.15, -0.1) is 0 Å². The van der Waals surface area contributed by atoms with E-state index < -0.39 is 5.60 Å². The van der Waals surface area contributed by atoms with Crippen molar-refractivity contribution in [2.75, 3.05) is 13.1 Å². The van der Waals surface area contributed by atoms with Crippen molar-refractivity contribution in [1.29, 1.82) is 0 Å². The summed E-state index contributed by atoms with van der Waals surface area (Å²) in [6.07, 6.45) is 1.97. The van der Waals surface area contributed by atoms with Crippen molar-refractivity contribution in [2.24, 2.45) is 5.92 Å². The molecule has 1 saturated heterocycles. The molecule has 2 nitrogen and oxygen atoms in total. The van der Waals surface area contributed by atoms with Crippen molar-refractivity contribution in [3.8, 4) is 0 Å². The number of piperidine rings is 1. The van der Waals surface area contributed by atoms with E-state index in [2.05, 4.69) is 5.32 Å². The number of halogens is 1. The molecule has 2 N–H and O–H groups in total. The van der Waals surface area contributed by atoms with E-state index in [-0.39, 0.29) is 11.7 Å². The van der Waals surface area contributed by atoms with Gasteiger partial charge in [-0.2, -0.15) is 0 Å². The molecule has 17 heavy (non-hydrogen) atoms. The van der Waals surface area contributed by atoms with Crippen LogP contribution in [0, 0.1) is 18.7 Å². The van der Waals surface area contributed by atoms with Crippen molar-refractivity contribution in [3.63, 3.8) is 0 Å². The first kappa shape index (κ1) is 12.5. The van der Waals surface area contributed by atoms with E-state index in [9.17, 15) is 9.50 Å². The molecule has 3 heteroatoms. The zero-order chi connectivity index (χ0) is 12.5. The number of nitrogens with one attached hydrogen (secondary N) is 1. The summed E-state index contributed by atoms with van der Waals surface area (Å²) in [5, 5.41) is 13.9. The molecule has 1 aromatic rings. The quantitative estimate of drug-likeness (QED) is 0.827. The zero-order valence-corrected chi connectivity index (χ0v) is 10.5. The molecule has 94 valence electrons. The van der Waals surface area contributed by atoms with Crippen LogP contribution in [0.25, 0.3) is 0 Å². The zero-order valence-electron chi connectivity index (χ0n) is 10.5. The molecule has 1 heterocycles. The molecule has 0 bridgehead atoms. The second kappa shape index (κ2) is 4.75. The topological polar surface area (TPSA) is 32.3 Å². The van der Waals surface area contributed by atoms with Crippen LogP contribution in [-0.4, -0.2) is 18.2 Å². The lowest BCUT2D eigenvalue weighted by Gasteiger charge is -2.36. The van der Waals surface area contributed by atoms with Crippen molar-refractivity contribution >= 4 is 0 Å². The molecule has 1 aliphatic heterocycles. The lowest BCUT2D eigenvalue weighted by Crippen LogP contribution is -2.42. The van der Waals surface area contributed by atoms with Gasteiger partial charge in [-0.3, -0.25) is 0 Å². The Kier molecular flexibility index (Phi) is 3.50. The second-order valence-corrected chi connectivity index (χ2v) is 5.17. The maximum atomic E-state index is 13.8. The molecule has 0 aromatic heterocycles. The Morgan fingerprint density at radius 1 is 1.47 bits per heavy atom. The third kappa shape index (κ3) is 2.50. The molecule has 1 aromatic carbocycles. The fourth-order valence-corrected chi connectivity index (χ4v) is 2.58. The summed E-state index contributed by atoms with van der Waals surface area (Å²) < 4.78 is 13.8. The van der Waals surface area contributed by atoms with Crippen LogP contribution < -0.4 is 5.32 Å². The summed E-state index contributed by atoms with van der Waals surface area (Å²) in [7, 11) is 0. The third-order valence-corrected chi connectivity index (χ3v) is 3.76. The number of aliphatic hydroxyl groups is 1. The van der Waals surface area contributed by atoms with Gasteiger partial charge >= 0.3 is 0 Å². The number of hydrogen-bond acceptors (Lipinski definition) is 2. The van der Waals surface area contributed by atoms with E-state index in [1.165, 1.54) is 6.07 Å². The van der Waals surface area contributed by atoms with E-state index in [0.717, 1.165) is 31.5 Å². The van der Waals surface area contributed by atoms with Crippen molar-refractivity contribution < 1.29 is 9.50 Å². The fourth-order valence-electron chi connectivity index (χ4n) is 2.58. The van der Waals surface area contributed by atoms with Gasteiger partial charge in [0.1, 0.15) is 5.82 Å². The Labute approximate surface area is 102 Å². The van der Waals surface area contributed by atoms with Gasteiger partial charge in [-0.1, -0.05) is 17.7 Å². The van der Waals surface area contributed by atoms with Crippen LogP contribution in [-0.2, 0) is 5.60 Å². The maximum absolute atomic E-state index is 13.8. The van der Waals surface area contributed by atoms with Gasteiger partial charge in [0.05, 0.1) is 5.60 Å². The molecule has 2 atom stereocenters. The Morgan fingerprint density at radius 3 is 2.88 bits per heavy atom. The first-order valence-electron chi connectivity index (χ1n) is 6.21. The molecule has 0 amide bonds. The fraction of sp³-hybridized carbons (Fsp3) is 0.571. The van der Waals surface area contributed by atoms with Crippen LogP contribution in [0.4, 0.5) is 4.39 Å². The van der Waals surface area contributed by atoms with Crippen molar-refractivity contribution in [1.82, 2.24) is 5.32 Å². The lowest BCUT2D eigenvalue weighted by atomic mass is 9.78. The molecule has 1 fully saturated rings. The average Bonchev–Trinajstić information content (AvgIpc) is 2.33. The minimum atomic E-state index is -1.09. The highest BCUT2D eigenvalue weighted by Crippen LogP contribution is 2.35. The summed E-state index contributed by atoms with van der Waals surface area (Å²) in [5.74, 6) is -0.237. The summed E-state index contributed by atoms with van der Waals surface area (Å²) in [4.78, 5) is 0. The van der Waals surface area contributed by atoms with Gasteiger partial charge in [-0.05, 0) is 39.3 Å². The van der Waals surface area contributed by atoms with E-state index >= 15 is 0 Å². The summed E-state index contributed by atoms with van der Waals surface area (Å²) in [5.41, 5.74) is 0.306. The number of aryl methyl sites for hydroxylation is 1. The molecule has 0 spiro atoms. The van der Waals surface area contributed by atoms with E-state index in [1.807, 2.05) is 6.92 Å².